The number of aromatic nitrogens is 1. The van der Waals surface area contributed by atoms with Gasteiger partial charge in [0.05, 0.1) is 18.2 Å². The second kappa shape index (κ2) is 5.38. The van der Waals surface area contributed by atoms with Gasteiger partial charge in [-0.15, -0.1) is 0 Å². The van der Waals surface area contributed by atoms with Crippen LogP contribution in [-0.2, 0) is 14.8 Å². The van der Waals surface area contributed by atoms with Crippen LogP contribution in [0.4, 0.5) is 0 Å². The zero-order valence-electron chi connectivity index (χ0n) is 12.9. The normalized spacial score (nSPS) is 20.8. The second-order valence-corrected chi connectivity index (χ2v) is 7.93. The molecule has 0 spiro atoms. The van der Waals surface area contributed by atoms with Crippen LogP contribution in [0.3, 0.4) is 0 Å². The van der Waals surface area contributed by atoms with Gasteiger partial charge in [0.1, 0.15) is 4.75 Å². The van der Waals surface area contributed by atoms with Gasteiger partial charge in [-0.05, 0) is 25.5 Å². The second-order valence-electron chi connectivity index (χ2n) is 5.66. The third-order valence-corrected chi connectivity index (χ3v) is 6.45. The van der Waals surface area contributed by atoms with Crippen molar-refractivity contribution < 1.29 is 17.9 Å². The number of carbonyl (C=O) groups excluding carboxylic acids is 1. The first-order valence-corrected chi connectivity index (χ1v) is 8.62. The first-order valence-electron chi connectivity index (χ1n) is 7.18. The number of benzene rings is 1. The van der Waals surface area contributed by atoms with E-state index >= 15 is 0 Å². The number of ether oxygens (including phenoxy) is 1. The van der Waals surface area contributed by atoms with Crippen LogP contribution in [0, 0.1) is 0 Å². The number of carbonyl (C=O) groups is 1. The summed E-state index contributed by atoms with van der Waals surface area (Å²) in [6, 6.07) is 6.73. The van der Waals surface area contributed by atoms with Crippen molar-refractivity contribution in [3.05, 3.63) is 60.3 Å². The van der Waals surface area contributed by atoms with Crippen molar-refractivity contribution in [2.75, 3.05) is 7.11 Å². The average molecular weight is 331 g/mol. The molecule has 23 heavy (non-hydrogen) atoms. The van der Waals surface area contributed by atoms with E-state index in [9.17, 15) is 13.2 Å². The summed E-state index contributed by atoms with van der Waals surface area (Å²) in [7, 11) is -2.46. The van der Waals surface area contributed by atoms with Crippen LogP contribution in [-0.4, -0.2) is 30.2 Å². The fourth-order valence-corrected chi connectivity index (χ4v) is 4.43. The van der Waals surface area contributed by atoms with E-state index in [1.165, 1.54) is 17.3 Å². The lowest BCUT2D eigenvalue weighted by molar-refractivity contribution is 0.0602. The van der Waals surface area contributed by atoms with Gasteiger partial charge in [0, 0.05) is 11.6 Å². The highest BCUT2D eigenvalue weighted by molar-refractivity contribution is 7.91. The smallest absolute Gasteiger partial charge is 0.340 e. The Morgan fingerprint density at radius 3 is 2.70 bits per heavy atom. The molecule has 120 valence electrons. The fourth-order valence-electron chi connectivity index (χ4n) is 2.76. The van der Waals surface area contributed by atoms with E-state index in [4.69, 9.17) is 4.74 Å². The van der Waals surface area contributed by atoms with Gasteiger partial charge in [-0.3, -0.25) is 0 Å². The molecule has 1 aliphatic rings. The quantitative estimate of drug-likeness (QED) is 0.811. The van der Waals surface area contributed by atoms with E-state index in [0.29, 0.717) is 17.3 Å². The summed E-state index contributed by atoms with van der Waals surface area (Å²) in [5, 5.41) is 0.676. The highest BCUT2D eigenvalue weighted by atomic mass is 32.2. The monoisotopic (exact) mass is 331 g/mol. The summed E-state index contributed by atoms with van der Waals surface area (Å²) in [6.45, 7) is 1.68. The van der Waals surface area contributed by atoms with E-state index in [1.54, 1.807) is 43.3 Å². The van der Waals surface area contributed by atoms with Crippen molar-refractivity contribution in [1.29, 1.82) is 0 Å². The van der Waals surface area contributed by atoms with Gasteiger partial charge in [0.2, 0.25) is 10.0 Å². The number of allylic oxidation sites excluding steroid dienone is 3. The fraction of sp³-hybridized carbons (Fsp3) is 0.235. The van der Waals surface area contributed by atoms with Gasteiger partial charge >= 0.3 is 5.97 Å². The van der Waals surface area contributed by atoms with Crippen LogP contribution in [0.25, 0.3) is 10.9 Å². The molecule has 1 aromatic carbocycles. The molecular formula is C17H17NO4S. The van der Waals surface area contributed by atoms with Crippen LogP contribution < -0.4 is 0 Å². The molecule has 1 atom stereocenters. The minimum absolute atomic E-state index is 0.234. The Morgan fingerprint density at radius 2 is 2.04 bits per heavy atom. The maximum atomic E-state index is 13.2. The van der Waals surface area contributed by atoms with Crippen molar-refractivity contribution in [2.24, 2.45) is 0 Å². The summed E-state index contributed by atoms with van der Waals surface area (Å²) >= 11 is 0. The SMILES string of the molecule is COC(=O)c1cccc2ccn(S(=O)(=O)C3(C)C=CC=CC3)c12. The molecule has 0 N–H and O–H groups in total. The van der Waals surface area contributed by atoms with Crippen molar-refractivity contribution in [2.45, 2.75) is 18.1 Å². The molecule has 0 aliphatic heterocycles. The van der Waals surface area contributed by atoms with Crippen LogP contribution >= 0.6 is 0 Å². The Morgan fingerprint density at radius 1 is 1.26 bits per heavy atom. The van der Waals surface area contributed by atoms with Crippen LogP contribution in [0.1, 0.15) is 23.7 Å². The van der Waals surface area contributed by atoms with Gasteiger partial charge in [0.25, 0.3) is 0 Å². The molecule has 1 aromatic heterocycles. The van der Waals surface area contributed by atoms with Gasteiger partial charge in [-0.2, -0.15) is 0 Å². The minimum Gasteiger partial charge on any atom is -0.465 e. The summed E-state index contributed by atoms with van der Waals surface area (Å²) in [5.41, 5.74) is 0.584. The lowest BCUT2D eigenvalue weighted by atomic mass is 10.0. The topological polar surface area (TPSA) is 65.4 Å². The number of hydrogen-bond donors (Lipinski definition) is 0. The Balaban J connectivity index is 2.27. The first kappa shape index (κ1) is 15.6. The molecule has 0 saturated heterocycles. The molecule has 1 unspecified atom stereocenters. The highest BCUT2D eigenvalue weighted by Gasteiger charge is 2.39. The number of methoxy groups -OCH3 is 1. The standard InChI is InChI=1S/C17H17NO4S/c1-17(10-4-3-5-11-17)23(20,21)18-12-9-13-7-6-8-14(15(13)18)16(19)22-2/h3-10,12H,11H2,1-2H3. The Kier molecular flexibility index (Phi) is 3.64. The largest absolute Gasteiger partial charge is 0.465 e. The predicted molar refractivity (Wildman–Crippen MR) is 88.9 cm³/mol. The van der Waals surface area contributed by atoms with Crippen molar-refractivity contribution >= 4 is 26.9 Å². The summed E-state index contributed by atoms with van der Waals surface area (Å²) in [5.74, 6) is -0.560. The molecule has 0 amide bonds. The molecule has 5 nitrogen and oxygen atoms in total. The maximum absolute atomic E-state index is 13.2. The van der Waals surface area contributed by atoms with Crippen LogP contribution in [0.15, 0.2) is 54.8 Å². The van der Waals surface area contributed by atoms with Crippen molar-refractivity contribution in [3.8, 4) is 0 Å². The molecule has 3 rings (SSSR count). The van der Waals surface area contributed by atoms with E-state index in [0.717, 1.165) is 0 Å². The Labute approximate surface area is 134 Å². The third-order valence-electron chi connectivity index (χ3n) is 4.15. The number of hydrogen-bond acceptors (Lipinski definition) is 4. The molecule has 1 aliphatic carbocycles. The van der Waals surface area contributed by atoms with E-state index in [-0.39, 0.29) is 5.56 Å². The number of nitrogens with zero attached hydrogens (tertiary/aromatic N) is 1. The number of para-hydroxylation sites is 1. The van der Waals surface area contributed by atoms with Crippen LogP contribution in [0.2, 0.25) is 0 Å². The zero-order chi connectivity index (χ0) is 16.7. The van der Waals surface area contributed by atoms with Crippen LogP contribution in [0.5, 0.6) is 0 Å². The molecule has 0 fully saturated rings. The van der Waals surface area contributed by atoms with Gasteiger partial charge in [-0.25, -0.2) is 17.2 Å². The van der Waals surface area contributed by atoms with E-state index in [1.807, 2.05) is 12.2 Å². The zero-order valence-corrected chi connectivity index (χ0v) is 13.7. The number of rotatable bonds is 3. The molecule has 2 aromatic rings. The van der Waals surface area contributed by atoms with Gasteiger partial charge in [0.15, 0.2) is 0 Å². The summed E-state index contributed by atoms with van der Waals surface area (Å²) < 4.78 is 31.3. The third kappa shape index (κ3) is 2.30. The Hall–Kier alpha value is -2.34. The van der Waals surface area contributed by atoms with Gasteiger partial charge < -0.3 is 4.74 Å². The molecule has 0 radical (unpaired) electrons. The highest BCUT2D eigenvalue weighted by Crippen LogP contribution is 2.32. The molecule has 6 heteroatoms. The molecule has 0 bridgehead atoms. The minimum atomic E-state index is -3.74. The summed E-state index contributed by atoms with van der Waals surface area (Å²) in [6.07, 6.45) is 8.92. The molecular weight excluding hydrogens is 314 g/mol. The molecule has 0 saturated carbocycles. The lowest BCUT2D eigenvalue weighted by Gasteiger charge is -2.27. The number of esters is 1. The van der Waals surface area contributed by atoms with Crippen molar-refractivity contribution in [3.63, 3.8) is 0 Å². The average Bonchev–Trinajstić information content (AvgIpc) is 2.99. The van der Waals surface area contributed by atoms with E-state index in [2.05, 4.69) is 0 Å². The predicted octanol–water partition coefficient (Wildman–Crippen LogP) is 2.88. The van der Waals surface area contributed by atoms with Crippen molar-refractivity contribution in [1.82, 2.24) is 3.97 Å². The lowest BCUT2D eigenvalue weighted by Crippen LogP contribution is -2.38. The van der Waals surface area contributed by atoms with E-state index < -0.39 is 20.7 Å². The molecule has 1 heterocycles. The summed E-state index contributed by atoms with van der Waals surface area (Å²) in [4.78, 5) is 12.0. The Bertz CT molecular complexity index is 937. The maximum Gasteiger partial charge on any atom is 0.340 e. The van der Waals surface area contributed by atoms with Gasteiger partial charge in [-0.1, -0.05) is 36.4 Å². The first-order chi connectivity index (χ1) is 10.9. The number of fused-ring (bicyclic) bond motifs is 1.